The standard InChI is InChI=1S/C15H16BrN3O/c1-10(11-2-4-12(16)5-3-11)19-15(20)8-14-7-6-13(17)9-18-14/h2-7,9-10H,8,17H2,1H3,(H,19,20)/t10-/m0/s1. The number of amides is 1. The Morgan fingerprint density at radius 3 is 2.60 bits per heavy atom. The zero-order valence-electron chi connectivity index (χ0n) is 11.1. The van der Waals surface area contributed by atoms with Gasteiger partial charge in [-0.1, -0.05) is 28.1 Å². The van der Waals surface area contributed by atoms with Gasteiger partial charge in [0, 0.05) is 10.2 Å². The molecule has 0 bridgehead atoms. The summed E-state index contributed by atoms with van der Waals surface area (Å²) >= 11 is 3.39. The number of aromatic nitrogens is 1. The minimum absolute atomic E-state index is 0.0376. The Kier molecular flexibility index (Phi) is 4.74. The van der Waals surface area contributed by atoms with E-state index >= 15 is 0 Å². The van der Waals surface area contributed by atoms with E-state index in [0.717, 1.165) is 10.0 Å². The molecule has 0 aliphatic carbocycles. The Morgan fingerprint density at radius 1 is 1.30 bits per heavy atom. The van der Waals surface area contributed by atoms with Gasteiger partial charge in [-0.2, -0.15) is 0 Å². The molecule has 0 radical (unpaired) electrons. The van der Waals surface area contributed by atoms with Crippen LogP contribution in [-0.2, 0) is 11.2 Å². The molecule has 1 aromatic heterocycles. The van der Waals surface area contributed by atoms with Gasteiger partial charge in [0.2, 0.25) is 5.91 Å². The van der Waals surface area contributed by atoms with Crippen LogP contribution in [0.15, 0.2) is 47.1 Å². The molecule has 20 heavy (non-hydrogen) atoms. The maximum Gasteiger partial charge on any atom is 0.226 e. The molecule has 0 saturated carbocycles. The first-order valence-corrected chi connectivity index (χ1v) is 7.09. The molecule has 0 aliphatic rings. The first-order valence-electron chi connectivity index (χ1n) is 6.30. The Morgan fingerprint density at radius 2 is 2.00 bits per heavy atom. The van der Waals surface area contributed by atoms with Gasteiger partial charge in [0.25, 0.3) is 0 Å². The number of nitrogens with zero attached hydrogens (tertiary/aromatic N) is 1. The molecule has 4 nitrogen and oxygen atoms in total. The number of benzene rings is 1. The number of nitrogens with two attached hydrogens (primary N) is 1. The summed E-state index contributed by atoms with van der Waals surface area (Å²) in [5.41, 5.74) is 7.92. The number of carbonyl (C=O) groups excluding carboxylic acids is 1. The molecule has 5 heteroatoms. The summed E-state index contributed by atoms with van der Waals surface area (Å²) in [7, 11) is 0. The van der Waals surface area contributed by atoms with E-state index in [0.29, 0.717) is 11.4 Å². The fraction of sp³-hybridized carbons (Fsp3) is 0.200. The van der Waals surface area contributed by atoms with Crippen molar-refractivity contribution in [3.05, 3.63) is 58.3 Å². The Labute approximate surface area is 126 Å². The maximum atomic E-state index is 12.0. The zero-order chi connectivity index (χ0) is 14.5. The van der Waals surface area contributed by atoms with Crippen LogP contribution < -0.4 is 11.1 Å². The van der Waals surface area contributed by atoms with Gasteiger partial charge in [0.05, 0.1) is 24.3 Å². The second-order valence-corrected chi connectivity index (χ2v) is 5.52. The van der Waals surface area contributed by atoms with Crippen LogP contribution >= 0.6 is 15.9 Å². The van der Waals surface area contributed by atoms with Crippen molar-refractivity contribution in [2.45, 2.75) is 19.4 Å². The summed E-state index contributed by atoms with van der Waals surface area (Å²) in [6.07, 6.45) is 1.81. The van der Waals surface area contributed by atoms with Crippen molar-refractivity contribution in [1.29, 1.82) is 0 Å². The average molecular weight is 334 g/mol. The second-order valence-electron chi connectivity index (χ2n) is 4.60. The third kappa shape index (κ3) is 4.06. The maximum absolute atomic E-state index is 12.0. The Hall–Kier alpha value is -1.88. The molecule has 0 fully saturated rings. The van der Waals surface area contributed by atoms with Crippen molar-refractivity contribution in [2.75, 3.05) is 5.73 Å². The Bertz CT molecular complexity index is 581. The molecule has 1 aromatic carbocycles. The van der Waals surface area contributed by atoms with E-state index in [1.165, 1.54) is 0 Å². The molecule has 0 aliphatic heterocycles. The predicted molar refractivity (Wildman–Crippen MR) is 83.1 cm³/mol. The molecule has 2 aromatic rings. The first-order chi connectivity index (χ1) is 9.54. The van der Waals surface area contributed by atoms with Gasteiger partial charge < -0.3 is 11.1 Å². The van der Waals surface area contributed by atoms with Gasteiger partial charge in [-0.15, -0.1) is 0 Å². The lowest BCUT2D eigenvalue weighted by molar-refractivity contribution is -0.121. The van der Waals surface area contributed by atoms with E-state index in [1.54, 1.807) is 18.3 Å². The summed E-state index contributed by atoms with van der Waals surface area (Å²) in [4.78, 5) is 16.1. The molecular formula is C15H16BrN3O. The van der Waals surface area contributed by atoms with Crippen LogP contribution in [-0.4, -0.2) is 10.9 Å². The third-order valence-electron chi connectivity index (χ3n) is 2.94. The van der Waals surface area contributed by atoms with E-state index in [4.69, 9.17) is 5.73 Å². The number of nitrogens with one attached hydrogen (secondary N) is 1. The van der Waals surface area contributed by atoms with Crippen LogP contribution in [0.5, 0.6) is 0 Å². The number of hydrogen-bond donors (Lipinski definition) is 2. The number of nitrogen functional groups attached to an aromatic ring is 1. The van der Waals surface area contributed by atoms with Crippen molar-refractivity contribution in [3.63, 3.8) is 0 Å². The zero-order valence-corrected chi connectivity index (χ0v) is 12.7. The fourth-order valence-electron chi connectivity index (χ4n) is 1.83. The number of halogens is 1. The van der Waals surface area contributed by atoms with Crippen molar-refractivity contribution in [2.24, 2.45) is 0 Å². The minimum Gasteiger partial charge on any atom is -0.397 e. The van der Waals surface area contributed by atoms with Gasteiger partial charge in [0.15, 0.2) is 0 Å². The summed E-state index contributed by atoms with van der Waals surface area (Å²) in [6, 6.07) is 11.4. The highest BCUT2D eigenvalue weighted by Crippen LogP contribution is 2.16. The van der Waals surface area contributed by atoms with Crippen LogP contribution in [0.3, 0.4) is 0 Å². The van der Waals surface area contributed by atoms with Gasteiger partial charge >= 0.3 is 0 Å². The SMILES string of the molecule is C[C@H](NC(=O)Cc1ccc(N)cn1)c1ccc(Br)cc1. The Balaban J connectivity index is 1.93. The highest BCUT2D eigenvalue weighted by Gasteiger charge is 2.10. The smallest absolute Gasteiger partial charge is 0.226 e. The number of anilines is 1. The summed E-state index contributed by atoms with van der Waals surface area (Å²) in [6.45, 7) is 1.96. The highest BCUT2D eigenvalue weighted by molar-refractivity contribution is 9.10. The van der Waals surface area contributed by atoms with E-state index in [-0.39, 0.29) is 18.4 Å². The lowest BCUT2D eigenvalue weighted by Gasteiger charge is -2.14. The fourth-order valence-corrected chi connectivity index (χ4v) is 2.10. The minimum atomic E-state index is -0.0577. The van der Waals surface area contributed by atoms with Crippen LogP contribution in [0.25, 0.3) is 0 Å². The lowest BCUT2D eigenvalue weighted by atomic mass is 10.1. The predicted octanol–water partition coefficient (Wildman–Crippen LogP) is 2.85. The normalized spacial score (nSPS) is 11.9. The molecule has 2 rings (SSSR count). The first kappa shape index (κ1) is 14.5. The molecule has 1 heterocycles. The largest absolute Gasteiger partial charge is 0.397 e. The second kappa shape index (κ2) is 6.52. The number of hydrogen-bond acceptors (Lipinski definition) is 3. The van der Waals surface area contributed by atoms with Gasteiger partial charge in [-0.3, -0.25) is 9.78 Å². The van der Waals surface area contributed by atoms with E-state index in [9.17, 15) is 4.79 Å². The molecule has 0 spiro atoms. The molecule has 0 unspecified atom stereocenters. The molecule has 3 N–H and O–H groups in total. The molecule has 1 amide bonds. The molecular weight excluding hydrogens is 318 g/mol. The monoisotopic (exact) mass is 333 g/mol. The average Bonchev–Trinajstić information content (AvgIpc) is 2.42. The lowest BCUT2D eigenvalue weighted by Crippen LogP contribution is -2.28. The summed E-state index contributed by atoms with van der Waals surface area (Å²) < 4.78 is 1.02. The van der Waals surface area contributed by atoms with Crippen molar-refractivity contribution in [1.82, 2.24) is 10.3 Å². The summed E-state index contributed by atoms with van der Waals surface area (Å²) in [5, 5.41) is 2.95. The van der Waals surface area contributed by atoms with Crippen LogP contribution in [0, 0.1) is 0 Å². The van der Waals surface area contributed by atoms with Crippen molar-refractivity contribution in [3.8, 4) is 0 Å². The third-order valence-corrected chi connectivity index (χ3v) is 3.47. The molecule has 1 atom stereocenters. The molecule has 104 valence electrons. The van der Waals surface area contributed by atoms with E-state index in [1.807, 2.05) is 31.2 Å². The number of rotatable bonds is 4. The van der Waals surface area contributed by atoms with Crippen molar-refractivity contribution < 1.29 is 4.79 Å². The highest BCUT2D eigenvalue weighted by atomic mass is 79.9. The van der Waals surface area contributed by atoms with Gasteiger partial charge in [-0.25, -0.2) is 0 Å². The van der Waals surface area contributed by atoms with E-state index < -0.39 is 0 Å². The van der Waals surface area contributed by atoms with Crippen LogP contribution in [0.1, 0.15) is 24.2 Å². The quantitative estimate of drug-likeness (QED) is 0.903. The summed E-state index contributed by atoms with van der Waals surface area (Å²) in [5.74, 6) is -0.0577. The van der Waals surface area contributed by atoms with E-state index in [2.05, 4.69) is 26.2 Å². The number of carbonyl (C=O) groups is 1. The van der Waals surface area contributed by atoms with Crippen molar-refractivity contribution >= 4 is 27.5 Å². The topological polar surface area (TPSA) is 68.0 Å². The van der Waals surface area contributed by atoms with Gasteiger partial charge in [-0.05, 0) is 36.8 Å². The number of pyridine rings is 1. The van der Waals surface area contributed by atoms with Crippen LogP contribution in [0.4, 0.5) is 5.69 Å². The van der Waals surface area contributed by atoms with Crippen LogP contribution in [0.2, 0.25) is 0 Å². The molecule has 0 saturated heterocycles. The van der Waals surface area contributed by atoms with Gasteiger partial charge in [0.1, 0.15) is 0 Å².